The third-order valence-corrected chi connectivity index (χ3v) is 3.02. The molecule has 0 aliphatic rings. The van der Waals surface area contributed by atoms with E-state index in [4.69, 9.17) is 4.74 Å². The predicted octanol–water partition coefficient (Wildman–Crippen LogP) is 2.38. The van der Waals surface area contributed by atoms with Crippen LogP contribution in [0.2, 0.25) is 0 Å². The second kappa shape index (κ2) is 7.19. The lowest BCUT2D eigenvalue weighted by atomic mass is 10.0. The maximum atomic E-state index is 11.3. The standard InChI is InChI=1S/C14H23N3O3/c1-8(2)11(7-20-5)16-10-6-15-13(9(3)4)17-12(10)14(18)19/h6,8-9,11,16H,7H2,1-5H3,(H,18,19). The summed E-state index contributed by atoms with van der Waals surface area (Å²) in [7, 11) is 1.62. The first-order chi connectivity index (χ1) is 9.36. The fraction of sp³-hybridized carbons (Fsp3) is 0.643. The highest BCUT2D eigenvalue weighted by Crippen LogP contribution is 2.19. The second-order valence-electron chi connectivity index (χ2n) is 5.40. The maximum absolute atomic E-state index is 11.3. The van der Waals surface area contributed by atoms with Crippen LogP contribution in [0, 0.1) is 5.92 Å². The normalized spacial score (nSPS) is 12.8. The Labute approximate surface area is 119 Å². The van der Waals surface area contributed by atoms with Crippen molar-refractivity contribution in [3.8, 4) is 0 Å². The summed E-state index contributed by atoms with van der Waals surface area (Å²) in [6, 6.07) is 0.00611. The summed E-state index contributed by atoms with van der Waals surface area (Å²) in [6.07, 6.45) is 1.54. The third-order valence-electron chi connectivity index (χ3n) is 3.02. The molecule has 1 rings (SSSR count). The molecule has 0 radical (unpaired) electrons. The summed E-state index contributed by atoms with van der Waals surface area (Å²) in [5, 5.41) is 12.5. The van der Waals surface area contributed by atoms with Gasteiger partial charge in [-0.1, -0.05) is 27.7 Å². The monoisotopic (exact) mass is 281 g/mol. The third kappa shape index (κ3) is 4.16. The minimum Gasteiger partial charge on any atom is -0.476 e. The van der Waals surface area contributed by atoms with Crippen molar-refractivity contribution in [2.24, 2.45) is 5.92 Å². The maximum Gasteiger partial charge on any atom is 0.356 e. The van der Waals surface area contributed by atoms with E-state index in [1.807, 2.05) is 27.7 Å². The number of carboxylic acids is 1. The zero-order valence-electron chi connectivity index (χ0n) is 12.7. The molecule has 0 fully saturated rings. The Kier molecular flexibility index (Phi) is 5.88. The minimum absolute atomic E-state index is 0.00505. The Hall–Kier alpha value is -1.69. The van der Waals surface area contributed by atoms with Crippen LogP contribution in [0.15, 0.2) is 6.20 Å². The molecule has 1 heterocycles. The van der Waals surface area contributed by atoms with E-state index in [0.717, 1.165) is 0 Å². The van der Waals surface area contributed by atoms with Crippen LogP contribution in [-0.4, -0.2) is 40.8 Å². The zero-order chi connectivity index (χ0) is 15.3. The number of rotatable bonds is 7. The lowest BCUT2D eigenvalue weighted by Crippen LogP contribution is -2.31. The fourth-order valence-corrected chi connectivity index (χ4v) is 1.72. The van der Waals surface area contributed by atoms with Gasteiger partial charge in [-0.15, -0.1) is 0 Å². The molecule has 0 spiro atoms. The number of nitrogens with zero attached hydrogens (tertiary/aromatic N) is 2. The van der Waals surface area contributed by atoms with Crippen molar-refractivity contribution in [2.45, 2.75) is 39.7 Å². The molecular weight excluding hydrogens is 258 g/mol. The molecule has 0 saturated heterocycles. The number of hydrogen-bond donors (Lipinski definition) is 2. The van der Waals surface area contributed by atoms with Crippen molar-refractivity contribution in [3.63, 3.8) is 0 Å². The minimum atomic E-state index is -1.06. The molecule has 0 aliphatic carbocycles. The number of anilines is 1. The number of nitrogens with one attached hydrogen (secondary N) is 1. The van der Waals surface area contributed by atoms with Crippen molar-refractivity contribution in [1.82, 2.24) is 9.97 Å². The number of carboxylic acid groups (broad SMARTS) is 1. The topological polar surface area (TPSA) is 84.3 Å². The van der Waals surface area contributed by atoms with Crippen LogP contribution in [0.3, 0.4) is 0 Å². The first-order valence-corrected chi connectivity index (χ1v) is 6.72. The molecule has 1 unspecified atom stereocenters. The van der Waals surface area contributed by atoms with E-state index < -0.39 is 5.97 Å². The van der Waals surface area contributed by atoms with E-state index in [2.05, 4.69) is 15.3 Å². The van der Waals surface area contributed by atoms with Crippen molar-refractivity contribution < 1.29 is 14.6 Å². The number of aromatic carboxylic acids is 1. The Bertz CT molecular complexity index is 461. The predicted molar refractivity (Wildman–Crippen MR) is 77.2 cm³/mol. The van der Waals surface area contributed by atoms with Crippen LogP contribution in [0.4, 0.5) is 5.69 Å². The molecule has 2 N–H and O–H groups in total. The van der Waals surface area contributed by atoms with Gasteiger partial charge < -0.3 is 15.2 Å². The molecule has 1 aromatic heterocycles. The smallest absolute Gasteiger partial charge is 0.356 e. The number of aromatic nitrogens is 2. The van der Waals surface area contributed by atoms with Gasteiger partial charge in [-0.05, 0) is 5.92 Å². The summed E-state index contributed by atoms with van der Waals surface area (Å²) in [5.41, 5.74) is 0.433. The SMILES string of the molecule is COCC(Nc1cnc(C(C)C)nc1C(=O)O)C(C)C. The van der Waals surface area contributed by atoms with Gasteiger partial charge in [0.2, 0.25) is 0 Å². The summed E-state index contributed by atoms with van der Waals surface area (Å²) < 4.78 is 5.15. The van der Waals surface area contributed by atoms with E-state index in [0.29, 0.717) is 24.0 Å². The molecule has 0 saturated carbocycles. The Balaban J connectivity index is 3.07. The first-order valence-electron chi connectivity index (χ1n) is 6.72. The average Bonchev–Trinajstić information content (AvgIpc) is 2.37. The Morgan fingerprint density at radius 1 is 1.40 bits per heavy atom. The molecule has 0 amide bonds. The lowest BCUT2D eigenvalue weighted by Gasteiger charge is -2.23. The van der Waals surface area contributed by atoms with Crippen molar-refractivity contribution in [2.75, 3.05) is 19.0 Å². The van der Waals surface area contributed by atoms with Gasteiger partial charge in [0.15, 0.2) is 5.69 Å². The van der Waals surface area contributed by atoms with Gasteiger partial charge in [0.25, 0.3) is 0 Å². The largest absolute Gasteiger partial charge is 0.476 e. The van der Waals surface area contributed by atoms with Crippen LogP contribution >= 0.6 is 0 Å². The lowest BCUT2D eigenvalue weighted by molar-refractivity contribution is 0.0690. The van der Waals surface area contributed by atoms with Crippen molar-refractivity contribution >= 4 is 11.7 Å². The number of ether oxygens (including phenoxy) is 1. The van der Waals surface area contributed by atoms with Crippen LogP contribution in [0.1, 0.15) is 49.9 Å². The quantitative estimate of drug-likeness (QED) is 0.798. The second-order valence-corrected chi connectivity index (χ2v) is 5.40. The summed E-state index contributed by atoms with van der Waals surface area (Å²) in [4.78, 5) is 19.7. The fourth-order valence-electron chi connectivity index (χ4n) is 1.72. The molecule has 0 aromatic carbocycles. The van der Waals surface area contributed by atoms with Crippen LogP contribution < -0.4 is 5.32 Å². The molecule has 0 bridgehead atoms. The molecule has 6 heteroatoms. The van der Waals surface area contributed by atoms with Crippen molar-refractivity contribution in [3.05, 3.63) is 17.7 Å². The Morgan fingerprint density at radius 2 is 2.05 bits per heavy atom. The van der Waals surface area contributed by atoms with E-state index in [1.54, 1.807) is 7.11 Å². The van der Waals surface area contributed by atoms with Crippen LogP contribution in [0.25, 0.3) is 0 Å². The highest BCUT2D eigenvalue weighted by atomic mass is 16.5. The molecular formula is C14H23N3O3. The van der Waals surface area contributed by atoms with Gasteiger partial charge in [-0.25, -0.2) is 14.8 Å². The Morgan fingerprint density at radius 3 is 2.50 bits per heavy atom. The number of hydrogen-bond acceptors (Lipinski definition) is 5. The highest BCUT2D eigenvalue weighted by Gasteiger charge is 2.20. The van der Waals surface area contributed by atoms with Crippen LogP contribution in [-0.2, 0) is 4.74 Å². The average molecular weight is 281 g/mol. The van der Waals surface area contributed by atoms with Gasteiger partial charge in [0, 0.05) is 13.0 Å². The molecule has 112 valence electrons. The molecule has 20 heavy (non-hydrogen) atoms. The summed E-state index contributed by atoms with van der Waals surface area (Å²) in [6.45, 7) is 8.43. The van der Waals surface area contributed by atoms with Crippen molar-refractivity contribution in [1.29, 1.82) is 0 Å². The van der Waals surface area contributed by atoms with Gasteiger partial charge >= 0.3 is 5.97 Å². The van der Waals surface area contributed by atoms with Gasteiger partial charge in [-0.2, -0.15) is 0 Å². The van der Waals surface area contributed by atoms with E-state index >= 15 is 0 Å². The molecule has 0 aliphatic heterocycles. The van der Waals surface area contributed by atoms with E-state index in [-0.39, 0.29) is 17.7 Å². The first kappa shape index (κ1) is 16.4. The van der Waals surface area contributed by atoms with Gasteiger partial charge in [-0.3, -0.25) is 0 Å². The van der Waals surface area contributed by atoms with E-state index in [1.165, 1.54) is 6.20 Å². The van der Waals surface area contributed by atoms with E-state index in [9.17, 15) is 9.90 Å². The highest BCUT2D eigenvalue weighted by molar-refractivity contribution is 5.91. The number of carbonyl (C=O) groups is 1. The molecule has 6 nitrogen and oxygen atoms in total. The number of methoxy groups -OCH3 is 1. The van der Waals surface area contributed by atoms with Gasteiger partial charge in [0.05, 0.1) is 24.5 Å². The van der Waals surface area contributed by atoms with Crippen LogP contribution in [0.5, 0.6) is 0 Å². The summed E-state index contributed by atoms with van der Waals surface area (Å²) >= 11 is 0. The zero-order valence-corrected chi connectivity index (χ0v) is 12.7. The van der Waals surface area contributed by atoms with Gasteiger partial charge in [0.1, 0.15) is 5.82 Å². The molecule has 1 atom stereocenters. The molecule has 1 aromatic rings. The summed E-state index contributed by atoms with van der Waals surface area (Å²) in [5.74, 6) is -0.152.